The molecule has 16 heavy (non-hydrogen) atoms. The van der Waals surface area contributed by atoms with Crippen molar-refractivity contribution in [3.8, 4) is 0 Å². The van der Waals surface area contributed by atoms with E-state index in [4.69, 9.17) is 18.0 Å². The van der Waals surface area contributed by atoms with Gasteiger partial charge < -0.3 is 16.4 Å². The molecule has 0 spiro atoms. The number of hydrogen-bond acceptors (Lipinski definition) is 3. The Morgan fingerprint density at radius 2 is 2.00 bits per heavy atom. The molecule has 0 saturated heterocycles. The molecule has 0 aromatic rings. The van der Waals surface area contributed by atoms with Gasteiger partial charge in [0.25, 0.3) is 0 Å². The van der Waals surface area contributed by atoms with Gasteiger partial charge in [0.15, 0.2) is 0 Å². The zero-order valence-electron chi connectivity index (χ0n) is 10.1. The van der Waals surface area contributed by atoms with Crippen LogP contribution in [0.4, 0.5) is 0 Å². The molecule has 2 unspecified atom stereocenters. The van der Waals surface area contributed by atoms with Crippen molar-refractivity contribution in [3.63, 3.8) is 0 Å². The van der Waals surface area contributed by atoms with Gasteiger partial charge in [0.1, 0.15) is 6.04 Å². The van der Waals surface area contributed by atoms with Gasteiger partial charge in [-0.15, -0.1) is 0 Å². The third-order valence-electron chi connectivity index (χ3n) is 2.74. The van der Waals surface area contributed by atoms with Crippen LogP contribution in [0.5, 0.6) is 0 Å². The van der Waals surface area contributed by atoms with Crippen LogP contribution in [0.25, 0.3) is 0 Å². The predicted octanol–water partition coefficient (Wildman–Crippen LogP) is -0.0605. The maximum Gasteiger partial charge on any atom is 0.242 e. The normalized spacial score (nSPS) is 15.8. The smallest absolute Gasteiger partial charge is 0.242 e. The number of nitrogens with one attached hydrogen (secondary N) is 2. The summed E-state index contributed by atoms with van der Waals surface area (Å²) in [5.74, 6) is -0.576. The molecule has 0 bridgehead atoms. The van der Waals surface area contributed by atoms with Crippen LogP contribution in [0.15, 0.2) is 0 Å². The average molecular weight is 245 g/mol. The van der Waals surface area contributed by atoms with Gasteiger partial charge in [0.05, 0.1) is 10.4 Å². The standard InChI is InChI=1S/C10H19N3O2S/c1-5-10(3,8(11)16)9(15)13-6(2)7(14)12-4/h6H,5H2,1-4H3,(H2,11,16)(H,12,14)(H,13,15). The molecular formula is C10H19N3O2S. The second kappa shape index (κ2) is 5.79. The van der Waals surface area contributed by atoms with Gasteiger partial charge in [-0.25, -0.2) is 0 Å². The first-order valence-electron chi connectivity index (χ1n) is 5.12. The zero-order valence-corrected chi connectivity index (χ0v) is 10.9. The molecule has 2 atom stereocenters. The minimum absolute atomic E-state index is 0.136. The second-order valence-electron chi connectivity index (χ2n) is 3.86. The van der Waals surface area contributed by atoms with Gasteiger partial charge in [0.2, 0.25) is 11.8 Å². The number of carbonyl (C=O) groups is 2. The van der Waals surface area contributed by atoms with E-state index < -0.39 is 11.5 Å². The summed E-state index contributed by atoms with van der Waals surface area (Å²) in [5.41, 5.74) is 4.63. The van der Waals surface area contributed by atoms with Crippen LogP contribution in [-0.2, 0) is 9.59 Å². The van der Waals surface area contributed by atoms with E-state index in [1.165, 1.54) is 7.05 Å². The van der Waals surface area contributed by atoms with Crippen molar-refractivity contribution >= 4 is 29.0 Å². The van der Waals surface area contributed by atoms with Crippen molar-refractivity contribution in [2.75, 3.05) is 7.05 Å². The lowest BCUT2D eigenvalue weighted by molar-refractivity contribution is -0.131. The molecule has 0 radical (unpaired) electrons. The third kappa shape index (κ3) is 3.16. The fraction of sp³-hybridized carbons (Fsp3) is 0.700. The number of thiocarbonyl (C=S) groups is 1. The summed E-state index contributed by atoms with van der Waals surface area (Å²) in [6, 6.07) is -0.599. The van der Waals surface area contributed by atoms with E-state index in [2.05, 4.69) is 10.6 Å². The third-order valence-corrected chi connectivity index (χ3v) is 3.19. The minimum Gasteiger partial charge on any atom is -0.392 e. The fourth-order valence-electron chi connectivity index (χ4n) is 1.08. The lowest BCUT2D eigenvalue weighted by atomic mass is 9.86. The van der Waals surface area contributed by atoms with Gasteiger partial charge >= 0.3 is 0 Å². The summed E-state index contributed by atoms with van der Waals surface area (Å²) in [6.45, 7) is 5.09. The molecule has 5 nitrogen and oxygen atoms in total. The molecule has 0 fully saturated rings. The Bertz CT molecular complexity index is 306. The number of amides is 2. The molecule has 0 heterocycles. The molecule has 2 amide bonds. The molecule has 0 aromatic carbocycles. The molecule has 0 aliphatic rings. The highest BCUT2D eigenvalue weighted by atomic mass is 32.1. The molecule has 6 heteroatoms. The topological polar surface area (TPSA) is 84.2 Å². The zero-order chi connectivity index (χ0) is 12.9. The largest absolute Gasteiger partial charge is 0.392 e. The first-order valence-corrected chi connectivity index (χ1v) is 5.52. The molecule has 92 valence electrons. The van der Waals surface area contributed by atoms with Crippen LogP contribution in [0, 0.1) is 5.41 Å². The average Bonchev–Trinajstić information content (AvgIpc) is 2.25. The first-order chi connectivity index (χ1) is 7.29. The summed E-state index contributed by atoms with van der Waals surface area (Å²) < 4.78 is 0. The summed E-state index contributed by atoms with van der Waals surface area (Å²) >= 11 is 4.87. The Morgan fingerprint density at radius 3 is 2.31 bits per heavy atom. The van der Waals surface area contributed by atoms with Crippen molar-refractivity contribution in [3.05, 3.63) is 0 Å². The number of nitrogens with two attached hydrogens (primary N) is 1. The van der Waals surface area contributed by atoms with Gasteiger partial charge in [0, 0.05) is 7.05 Å². The number of carbonyl (C=O) groups excluding carboxylic acids is 2. The van der Waals surface area contributed by atoms with Crippen molar-refractivity contribution < 1.29 is 9.59 Å². The van der Waals surface area contributed by atoms with Crippen molar-refractivity contribution in [1.82, 2.24) is 10.6 Å². The summed E-state index contributed by atoms with van der Waals surface area (Å²) in [4.78, 5) is 23.3. The van der Waals surface area contributed by atoms with Gasteiger partial charge in [-0.05, 0) is 20.3 Å². The molecular weight excluding hydrogens is 226 g/mol. The van der Waals surface area contributed by atoms with E-state index >= 15 is 0 Å². The maximum atomic E-state index is 11.9. The van der Waals surface area contributed by atoms with E-state index in [1.54, 1.807) is 13.8 Å². The lowest BCUT2D eigenvalue weighted by Gasteiger charge is -2.27. The molecule has 0 saturated carbocycles. The second-order valence-corrected chi connectivity index (χ2v) is 4.30. The van der Waals surface area contributed by atoms with Crippen LogP contribution < -0.4 is 16.4 Å². The van der Waals surface area contributed by atoms with E-state index in [0.717, 1.165) is 0 Å². The highest BCUT2D eigenvalue weighted by Crippen LogP contribution is 2.21. The predicted molar refractivity (Wildman–Crippen MR) is 66.9 cm³/mol. The van der Waals surface area contributed by atoms with Gasteiger partial charge in [-0.2, -0.15) is 0 Å². The van der Waals surface area contributed by atoms with Crippen molar-refractivity contribution in [2.24, 2.45) is 11.1 Å². The van der Waals surface area contributed by atoms with Crippen LogP contribution in [0.2, 0.25) is 0 Å². The van der Waals surface area contributed by atoms with E-state index in [0.29, 0.717) is 6.42 Å². The van der Waals surface area contributed by atoms with E-state index in [1.807, 2.05) is 6.92 Å². The molecule has 0 aliphatic heterocycles. The summed E-state index contributed by atoms with van der Waals surface area (Å²) in [6.07, 6.45) is 0.495. The Hall–Kier alpha value is -1.17. The Morgan fingerprint density at radius 1 is 1.50 bits per heavy atom. The van der Waals surface area contributed by atoms with E-state index in [9.17, 15) is 9.59 Å². The maximum absolute atomic E-state index is 11.9. The molecule has 0 aromatic heterocycles. The van der Waals surface area contributed by atoms with Gasteiger partial charge in [-0.3, -0.25) is 9.59 Å². The van der Waals surface area contributed by atoms with Crippen LogP contribution in [0.1, 0.15) is 27.2 Å². The number of likely N-dealkylation sites (N-methyl/N-ethyl adjacent to an activating group) is 1. The molecule has 0 rings (SSSR count). The molecule has 0 aliphatic carbocycles. The number of rotatable bonds is 5. The Kier molecular flexibility index (Phi) is 5.37. The molecule has 4 N–H and O–H groups in total. The SMILES string of the molecule is CCC(C)(C(=O)NC(C)C(=O)NC)C(N)=S. The van der Waals surface area contributed by atoms with Crippen LogP contribution in [0.3, 0.4) is 0 Å². The highest BCUT2D eigenvalue weighted by molar-refractivity contribution is 7.80. The van der Waals surface area contributed by atoms with Crippen LogP contribution in [-0.4, -0.2) is 29.9 Å². The number of hydrogen-bond donors (Lipinski definition) is 3. The monoisotopic (exact) mass is 245 g/mol. The van der Waals surface area contributed by atoms with Crippen molar-refractivity contribution in [1.29, 1.82) is 0 Å². The summed E-state index contributed by atoms with van der Waals surface area (Å²) in [7, 11) is 1.51. The minimum atomic E-state index is -0.905. The Balaban J connectivity index is 4.68. The first kappa shape index (κ1) is 14.8. The fourth-order valence-corrected chi connectivity index (χ4v) is 1.32. The summed E-state index contributed by atoms with van der Waals surface area (Å²) in [5, 5.41) is 5.04. The van der Waals surface area contributed by atoms with Crippen LogP contribution >= 0.6 is 12.2 Å². The van der Waals surface area contributed by atoms with E-state index in [-0.39, 0.29) is 16.8 Å². The van der Waals surface area contributed by atoms with Crippen molar-refractivity contribution in [2.45, 2.75) is 33.2 Å². The highest BCUT2D eigenvalue weighted by Gasteiger charge is 2.35. The Labute approximate surface area is 101 Å². The quantitative estimate of drug-likeness (QED) is 0.592. The lowest BCUT2D eigenvalue weighted by Crippen LogP contribution is -2.52. The van der Waals surface area contributed by atoms with Gasteiger partial charge in [-0.1, -0.05) is 19.1 Å².